The number of hydrogen-bond donors (Lipinski definition) is 1. The maximum atomic E-state index is 12.0. The first kappa shape index (κ1) is 14.4. The zero-order valence-electron chi connectivity index (χ0n) is 11.9. The average Bonchev–Trinajstić information content (AvgIpc) is 2.50. The minimum absolute atomic E-state index is 0.201. The first-order chi connectivity index (χ1) is 9.70. The molecule has 1 aliphatic heterocycles. The lowest BCUT2D eigenvalue weighted by atomic mass is 10.2. The fourth-order valence-electron chi connectivity index (χ4n) is 1.86. The van der Waals surface area contributed by atoms with E-state index >= 15 is 0 Å². The molecule has 0 spiro atoms. The van der Waals surface area contributed by atoms with Crippen molar-refractivity contribution >= 4 is 11.6 Å². The summed E-state index contributed by atoms with van der Waals surface area (Å²) in [4.78, 5) is 12.0. The second-order valence-electron chi connectivity index (χ2n) is 4.79. The van der Waals surface area contributed by atoms with Crippen LogP contribution in [0.2, 0.25) is 0 Å². The predicted molar refractivity (Wildman–Crippen MR) is 77.1 cm³/mol. The second-order valence-corrected chi connectivity index (χ2v) is 4.79. The first-order valence-electron chi connectivity index (χ1n) is 6.92. The molecule has 1 atom stereocenters. The Hall–Kier alpha value is -2.04. The molecule has 1 heterocycles. The van der Waals surface area contributed by atoms with Crippen molar-refractivity contribution in [3.63, 3.8) is 0 Å². The lowest BCUT2D eigenvalue weighted by Crippen LogP contribution is -2.42. The Morgan fingerprint density at radius 1 is 1.40 bits per heavy atom. The van der Waals surface area contributed by atoms with Crippen molar-refractivity contribution in [2.45, 2.75) is 39.2 Å². The molecule has 0 aromatic heterocycles. The van der Waals surface area contributed by atoms with Crippen molar-refractivity contribution in [3.8, 4) is 11.5 Å². The Kier molecular flexibility index (Phi) is 4.98. The molecule has 5 heteroatoms. The van der Waals surface area contributed by atoms with Gasteiger partial charge in [-0.25, -0.2) is 5.43 Å². The summed E-state index contributed by atoms with van der Waals surface area (Å²) in [5.74, 6) is 0.972. The van der Waals surface area contributed by atoms with Crippen LogP contribution in [0.25, 0.3) is 0 Å². The highest BCUT2D eigenvalue weighted by molar-refractivity contribution is 5.86. The van der Waals surface area contributed by atoms with Crippen LogP contribution in [0.4, 0.5) is 0 Å². The predicted octanol–water partition coefficient (Wildman–Crippen LogP) is 2.51. The minimum Gasteiger partial charge on any atom is -0.485 e. The van der Waals surface area contributed by atoms with Gasteiger partial charge in [-0.05, 0) is 31.9 Å². The third-order valence-corrected chi connectivity index (χ3v) is 3.05. The molecular formula is C15H20N2O3. The molecule has 1 aromatic rings. The Balaban J connectivity index is 1.88. The summed E-state index contributed by atoms with van der Waals surface area (Å²) in [5.41, 5.74) is 3.45. The van der Waals surface area contributed by atoms with Gasteiger partial charge in [0.05, 0.1) is 0 Å². The molecule has 20 heavy (non-hydrogen) atoms. The van der Waals surface area contributed by atoms with Gasteiger partial charge >= 0.3 is 0 Å². The summed E-state index contributed by atoms with van der Waals surface area (Å²) in [6.07, 6.45) is 2.41. The number of fused-ring (bicyclic) bond motifs is 1. The SMILES string of the molecule is CCCC/C(C)=N\NC(=O)[C@H]1COc2ccccc2O1. The van der Waals surface area contributed by atoms with Crippen molar-refractivity contribution in [1.82, 2.24) is 5.43 Å². The highest BCUT2D eigenvalue weighted by Gasteiger charge is 2.27. The van der Waals surface area contributed by atoms with Crippen LogP contribution >= 0.6 is 0 Å². The number of para-hydroxylation sites is 2. The lowest BCUT2D eigenvalue weighted by Gasteiger charge is -2.24. The van der Waals surface area contributed by atoms with Crippen LogP contribution in [0.1, 0.15) is 33.1 Å². The normalized spacial score (nSPS) is 17.7. The molecule has 0 aliphatic carbocycles. The molecule has 2 rings (SSSR count). The van der Waals surface area contributed by atoms with Crippen molar-refractivity contribution in [3.05, 3.63) is 24.3 Å². The van der Waals surface area contributed by atoms with Crippen LogP contribution < -0.4 is 14.9 Å². The molecule has 0 saturated heterocycles. The van der Waals surface area contributed by atoms with Gasteiger partial charge in [0.1, 0.15) is 6.61 Å². The monoisotopic (exact) mass is 276 g/mol. The fraction of sp³-hybridized carbons (Fsp3) is 0.467. The third kappa shape index (κ3) is 3.73. The van der Waals surface area contributed by atoms with Gasteiger partial charge in [0.15, 0.2) is 11.5 Å². The van der Waals surface area contributed by atoms with E-state index in [1.165, 1.54) is 0 Å². The van der Waals surface area contributed by atoms with E-state index in [9.17, 15) is 4.79 Å². The second kappa shape index (κ2) is 6.93. The third-order valence-electron chi connectivity index (χ3n) is 3.05. The lowest BCUT2D eigenvalue weighted by molar-refractivity contribution is -0.130. The molecule has 5 nitrogen and oxygen atoms in total. The maximum Gasteiger partial charge on any atom is 0.284 e. The Bertz CT molecular complexity index is 500. The van der Waals surface area contributed by atoms with E-state index in [-0.39, 0.29) is 12.5 Å². The zero-order valence-corrected chi connectivity index (χ0v) is 11.9. The molecule has 1 N–H and O–H groups in total. The van der Waals surface area contributed by atoms with Crippen LogP contribution in [-0.2, 0) is 4.79 Å². The summed E-state index contributed by atoms with van der Waals surface area (Å²) in [7, 11) is 0. The smallest absolute Gasteiger partial charge is 0.284 e. The number of nitrogens with zero attached hydrogens (tertiary/aromatic N) is 1. The Morgan fingerprint density at radius 3 is 2.90 bits per heavy atom. The molecule has 0 saturated carbocycles. The highest BCUT2D eigenvalue weighted by atomic mass is 16.6. The van der Waals surface area contributed by atoms with Gasteiger partial charge in [-0.3, -0.25) is 4.79 Å². The average molecular weight is 276 g/mol. The van der Waals surface area contributed by atoms with Crippen LogP contribution in [0, 0.1) is 0 Å². The summed E-state index contributed by atoms with van der Waals surface area (Å²) in [5, 5.41) is 4.07. The molecule has 1 aliphatic rings. The standard InChI is InChI=1S/C15H20N2O3/c1-3-4-7-11(2)16-17-15(18)14-10-19-12-8-5-6-9-13(12)20-14/h5-6,8-9,14H,3-4,7,10H2,1-2H3,(H,17,18)/b16-11-/t14-/m1/s1. The summed E-state index contributed by atoms with van der Waals surface area (Å²) in [6, 6.07) is 7.31. The number of ether oxygens (including phenoxy) is 2. The number of carbonyl (C=O) groups is 1. The van der Waals surface area contributed by atoms with Crippen LogP contribution in [0.15, 0.2) is 29.4 Å². The number of rotatable bonds is 5. The van der Waals surface area contributed by atoms with Gasteiger partial charge in [-0.2, -0.15) is 5.10 Å². The van der Waals surface area contributed by atoms with E-state index in [2.05, 4.69) is 17.5 Å². The van der Waals surface area contributed by atoms with Gasteiger partial charge in [-0.1, -0.05) is 25.5 Å². The van der Waals surface area contributed by atoms with Crippen molar-refractivity contribution in [2.24, 2.45) is 5.10 Å². The molecule has 0 unspecified atom stereocenters. The number of hydrogen-bond acceptors (Lipinski definition) is 4. The van der Waals surface area contributed by atoms with Gasteiger partial charge in [0.2, 0.25) is 6.10 Å². The molecular weight excluding hydrogens is 256 g/mol. The van der Waals surface area contributed by atoms with Crippen molar-refractivity contribution < 1.29 is 14.3 Å². The van der Waals surface area contributed by atoms with E-state index in [1.807, 2.05) is 25.1 Å². The minimum atomic E-state index is -0.660. The van der Waals surface area contributed by atoms with E-state index in [4.69, 9.17) is 9.47 Å². The quantitative estimate of drug-likeness (QED) is 0.664. The van der Waals surface area contributed by atoms with E-state index in [0.29, 0.717) is 11.5 Å². The van der Waals surface area contributed by atoms with Crippen LogP contribution in [0.5, 0.6) is 11.5 Å². The number of hydrazone groups is 1. The summed E-state index contributed by atoms with van der Waals surface area (Å²) < 4.78 is 11.1. The number of benzene rings is 1. The fourth-order valence-corrected chi connectivity index (χ4v) is 1.86. The molecule has 0 radical (unpaired) electrons. The topological polar surface area (TPSA) is 59.9 Å². The number of carbonyl (C=O) groups excluding carboxylic acids is 1. The van der Waals surface area contributed by atoms with Crippen LogP contribution in [-0.4, -0.2) is 24.3 Å². The summed E-state index contributed by atoms with van der Waals surface area (Å²) in [6.45, 7) is 4.23. The van der Waals surface area contributed by atoms with Gasteiger partial charge in [0.25, 0.3) is 5.91 Å². The number of unbranched alkanes of at least 4 members (excludes halogenated alkanes) is 1. The van der Waals surface area contributed by atoms with E-state index < -0.39 is 6.10 Å². The number of amides is 1. The van der Waals surface area contributed by atoms with Gasteiger partial charge in [-0.15, -0.1) is 0 Å². The van der Waals surface area contributed by atoms with Gasteiger partial charge in [0, 0.05) is 5.71 Å². The number of nitrogens with one attached hydrogen (secondary N) is 1. The van der Waals surface area contributed by atoms with Crippen LogP contribution in [0.3, 0.4) is 0 Å². The van der Waals surface area contributed by atoms with Crippen molar-refractivity contribution in [1.29, 1.82) is 0 Å². The Labute approximate surface area is 119 Å². The molecule has 0 fully saturated rings. The zero-order chi connectivity index (χ0) is 14.4. The Morgan fingerprint density at radius 2 is 2.15 bits per heavy atom. The molecule has 108 valence electrons. The van der Waals surface area contributed by atoms with Gasteiger partial charge < -0.3 is 9.47 Å². The largest absolute Gasteiger partial charge is 0.485 e. The molecule has 1 aromatic carbocycles. The first-order valence-corrected chi connectivity index (χ1v) is 6.92. The highest BCUT2D eigenvalue weighted by Crippen LogP contribution is 2.30. The summed E-state index contributed by atoms with van der Waals surface area (Å²) >= 11 is 0. The molecule has 0 bridgehead atoms. The van der Waals surface area contributed by atoms with E-state index in [1.54, 1.807) is 6.07 Å². The van der Waals surface area contributed by atoms with E-state index in [0.717, 1.165) is 25.0 Å². The maximum absolute atomic E-state index is 12.0. The van der Waals surface area contributed by atoms with Crippen molar-refractivity contribution in [2.75, 3.05) is 6.61 Å². The molecule has 1 amide bonds.